The number of hydrogen-bond donors (Lipinski definition) is 1. The highest BCUT2D eigenvalue weighted by atomic mass is 16.5. The molecular formula is C12H23N5O. The molecule has 1 aliphatic rings. The van der Waals surface area contributed by atoms with Gasteiger partial charge < -0.3 is 10.1 Å². The van der Waals surface area contributed by atoms with Gasteiger partial charge in [-0.2, -0.15) is 0 Å². The molecule has 0 amide bonds. The summed E-state index contributed by atoms with van der Waals surface area (Å²) in [5.74, 6) is 2.09. The summed E-state index contributed by atoms with van der Waals surface area (Å²) in [6.45, 7) is 10.0. The van der Waals surface area contributed by atoms with Gasteiger partial charge in [0, 0.05) is 19.1 Å². The standard InChI is InChI=1S/C12H23N5O/c1-9(2)6-13-10(3)12-14-15-16-17(12)7-11-4-5-18-8-11/h9-11,13H,4-8H2,1-3H3. The summed E-state index contributed by atoms with van der Waals surface area (Å²) < 4.78 is 7.30. The van der Waals surface area contributed by atoms with Gasteiger partial charge in [-0.1, -0.05) is 13.8 Å². The first-order valence-corrected chi connectivity index (χ1v) is 6.74. The minimum Gasteiger partial charge on any atom is -0.381 e. The molecule has 18 heavy (non-hydrogen) atoms. The van der Waals surface area contributed by atoms with Crippen LogP contribution in [0, 0.1) is 11.8 Å². The van der Waals surface area contributed by atoms with Gasteiger partial charge in [0.1, 0.15) is 0 Å². The maximum Gasteiger partial charge on any atom is 0.167 e. The molecule has 0 aliphatic carbocycles. The van der Waals surface area contributed by atoms with E-state index in [9.17, 15) is 0 Å². The predicted molar refractivity (Wildman–Crippen MR) is 68.0 cm³/mol. The molecule has 6 heteroatoms. The van der Waals surface area contributed by atoms with E-state index < -0.39 is 0 Å². The molecule has 1 aromatic heterocycles. The molecule has 6 nitrogen and oxygen atoms in total. The monoisotopic (exact) mass is 253 g/mol. The van der Waals surface area contributed by atoms with Crippen molar-refractivity contribution < 1.29 is 4.74 Å². The highest BCUT2D eigenvalue weighted by Crippen LogP contribution is 2.16. The van der Waals surface area contributed by atoms with Crippen LogP contribution in [0.5, 0.6) is 0 Å². The lowest BCUT2D eigenvalue weighted by molar-refractivity contribution is 0.181. The fourth-order valence-corrected chi connectivity index (χ4v) is 2.13. The number of rotatable bonds is 6. The number of ether oxygens (including phenoxy) is 1. The van der Waals surface area contributed by atoms with Crippen molar-refractivity contribution in [3.05, 3.63) is 5.82 Å². The number of nitrogens with zero attached hydrogens (tertiary/aromatic N) is 4. The Kier molecular flexibility index (Phi) is 4.66. The van der Waals surface area contributed by atoms with Crippen molar-refractivity contribution in [2.45, 2.75) is 39.8 Å². The third-order valence-electron chi connectivity index (χ3n) is 3.23. The van der Waals surface area contributed by atoms with Gasteiger partial charge in [-0.05, 0) is 36.2 Å². The average Bonchev–Trinajstić information content (AvgIpc) is 2.97. The Labute approximate surface area is 108 Å². The van der Waals surface area contributed by atoms with E-state index >= 15 is 0 Å². The van der Waals surface area contributed by atoms with Gasteiger partial charge in [0.25, 0.3) is 0 Å². The normalized spacial score (nSPS) is 21.7. The second-order valence-corrected chi connectivity index (χ2v) is 5.47. The Morgan fingerprint density at radius 3 is 2.94 bits per heavy atom. The molecule has 2 unspecified atom stereocenters. The van der Waals surface area contributed by atoms with Gasteiger partial charge in [0.15, 0.2) is 5.82 Å². The highest BCUT2D eigenvalue weighted by Gasteiger charge is 2.20. The van der Waals surface area contributed by atoms with E-state index in [2.05, 4.69) is 41.6 Å². The van der Waals surface area contributed by atoms with Gasteiger partial charge in [-0.3, -0.25) is 0 Å². The molecule has 2 atom stereocenters. The molecule has 0 spiro atoms. The summed E-state index contributed by atoms with van der Waals surface area (Å²) in [5.41, 5.74) is 0. The molecule has 1 aromatic rings. The molecule has 2 rings (SSSR count). The van der Waals surface area contributed by atoms with Gasteiger partial charge in [-0.15, -0.1) is 5.10 Å². The topological polar surface area (TPSA) is 64.9 Å². The Bertz CT molecular complexity index is 359. The summed E-state index contributed by atoms with van der Waals surface area (Å²) in [5, 5.41) is 15.5. The summed E-state index contributed by atoms with van der Waals surface area (Å²) in [6, 6.07) is 0.185. The molecule has 0 aromatic carbocycles. The third kappa shape index (κ3) is 3.49. The van der Waals surface area contributed by atoms with Gasteiger partial charge >= 0.3 is 0 Å². The van der Waals surface area contributed by atoms with Crippen LogP contribution in [0.15, 0.2) is 0 Å². The van der Waals surface area contributed by atoms with E-state index in [4.69, 9.17) is 4.74 Å². The SMILES string of the molecule is CC(C)CNC(C)c1nnnn1CC1CCOC1. The third-order valence-corrected chi connectivity index (χ3v) is 3.23. The summed E-state index contributed by atoms with van der Waals surface area (Å²) in [7, 11) is 0. The number of aromatic nitrogens is 4. The smallest absolute Gasteiger partial charge is 0.167 e. The molecule has 102 valence electrons. The van der Waals surface area contributed by atoms with Crippen LogP contribution in [0.4, 0.5) is 0 Å². The second-order valence-electron chi connectivity index (χ2n) is 5.47. The van der Waals surface area contributed by atoms with Crippen LogP contribution in [-0.4, -0.2) is 40.0 Å². The summed E-state index contributed by atoms with van der Waals surface area (Å²) in [6.07, 6.45) is 1.10. The van der Waals surface area contributed by atoms with Crippen LogP contribution < -0.4 is 5.32 Å². The lowest BCUT2D eigenvalue weighted by Gasteiger charge is -2.16. The zero-order valence-electron chi connectivity index (χ0n) is 11.5. The van der Waals surface area contributed by atoms with Gasteiger partial charge in [0.2, 0.25) is 0 Å². The predicted octanol–water partition coefficient (Wildman–Crippen LogP) is 1.02. The van der Waals surface area contributed by atoms with Crippen molar-refractivity contribution in [1.29, 1.82) is 0 Å². The van der Waals surface area contributed by atoms with Crippen molar-refractivity contribution in [3.8, 4) is 0 Å². The quantitative estimate of drug-likeness (QED) is 0.820. The maximum atomic E-state index is 5.39. The van der Waals surface area contributed by atoms with Crippen LogP contribution in [0.2, 0.25) is 0 Å². The second kappa shape index (κ2) is 6.24. The van der Waals surface area contributed by atoms with E-state index in [1.54, 1.807) is 0 Å². The largest absolute Gasteiger partial charge is 0.381 e. The molecule has 2 heterocycles. The van der Waals surface area contributed by atoms with Crippen LogP contribution in [0.25, 0.3) is 0 Å². The van der Waals surface area contributed by atoms with Crippen molar-refractivity contribution in [3.63, 3.8) is 0 Å². The molecule has 1 aliphatic heterocycles. The maximum absolute atomic E-state index is 5.39. The van der Waals surface area contributed by atoms with Gasteiger partial charge in [0.05, 0.1) is 12.6 Å². The number of hydrogen-bond acceptors (Lipinski definition) is 5. The first kappa shape index (κ1) is 13.4. The zero-order chi connectivity index (χ0) is 13.0. The van der Waals surface area contributed by atoms with Crippen LogP contribution in [0.3, 0.4) is 0 Å². The zero-order valence-corrected chi connectivity index (χ0v) is 11.5. The van der Waals surface area contributed by atoms with Crippen LogP contribution in [0.1, 0.15) is 39.1 Å². The molecule has 0 saturated carbocycles. The molecular weight excluding hydrogens is 230 g/mol. The molecule has 1 N–H and O–H groups in total. The van der Waals surface area contributed by atoms with Crippen molar-refractivity contribution in [2.75, 3.05) is 19.8 Å². The van der Waals surface area contributed by atoms with E-state index in [0.717, 1.165) is 38.5 Å². The van der Waals surface area contributed by atoms with E-state index in [0.29, 0.717) is 11.8 Å². The van der Waals surface area contributed by atoms with E-state index in [-0.39, 0.29) is 6.04 Å². The molecule has 1 saturated heterocycles. The average molecular weight is 253 g/mol. The van der Waals surface area contributed by atoms with E-state index in [1.807, 2.05) is 4.68 Å². The molecule has 0 radical (unpaired) electrons. The van der Waals surface area contributed by atoms with E-state index in [1.165, 1.54) is 0 Å². The Morgan fingerprint density at radius 1 is 1.44 bits per heavy atom. The first-order chi connectivity index (χ1) is 8.66. The summed E-state index contributed by atoms with van der Waals surface area (Å²) >= 11 is 0. The van der Waals surface area contributed by atoms with Crippen molar-refractivity contribution >= 4 is 0 Å². The van der Waals surface area contributed by atoms with Gasteiger partial charge in [-0.25, -0.2) is 4.68 Å². The number of nitrogens with one attached hydrogen (secondary N) is 1. The van der Waals surface area contributed by atoms with Crippen LogP contribution in [-0.2, 0) is 11.3 Å². The minimum atomic E-state index is 0.185. The fraction of sp³-hybridized carbons (Fsp3) is 0.917. The lowest BCUT2D eigenvalue weighted by atomic mass is 10.1. The lowest BCUT2D eigenvalue weighted by Crippen LogP contribution is -2.27. The Hall–Kier alpha value is -1.01. The Balaban J connectivity index is 1.93. The first-order valence-electron chi connectivity index (χ1n) is 6.74. The molecule has 1 fully saturated rings. The van der Waals surface area contributed by atoms with Crippen LogP contribution >= 0.6 is 0 Å². The Morgan fingerprint density at radius 2 is 2.28 bits per heavy atom. The fourth-order valence-electron chi connectivity index (χ4n) is 2.13. The highest BCUT2D eigenvalue weighted by molar-refractivity contribution is 4.90. The minimum absolute atomic E-state index is 0.185. The molecule has 0 bridgehead atoms. The van der Waals surface area contributed by atoms with Crippen molar-refractivity contribution in [1.82, 2.24) is 25.5 Å². The van der Waals surface area contributed by atoms with Crippen molar-refractivity contribution in [2.24, 2.45) is 11.8 Å². The summed E-state index contributed by atoms with van der Waals surface area (Å²) in [4.78, 5) is 0. The number of tetrazole rings is 1.